The van der Waals surface area contributed by atoms with Gasteiger partial charge in [-0.25, -0.2) is 0 Å². The highest BCUT2D eigenvalue weighted by atomic mass is 16.7. The van der Waals surface area contributed by atoms with Crippen molar-refractivity contribution in [1.29, 1.82) is 0 Å². The van der Waals surface area contributed by atoms with E-state index in [1.807, 2.05) is 270 Å². The van der Waals surface area contributed by atoms with Crippen molar-refractivity contribution < 1.29 is 47.4 Å². The van der Waals surface area contributed by atoms with Crippen LogP contribution in [-0.2, 0) is 76.4 Å². The zero-order chi connectivity index (χ0) is 56.6. The van der Waals surface area contributed by atoms with Gasteiger partial charge in [0.15, 0.2) is 36.3 Å². The first-order valence-electron chi connectivity index (χ1n) is 28.4. The molecule has 9 aromatic carbocycles. The predicted octanol–water partition coefficient (Wildman–Crippen LogP) is 16.2. The largest absolute Gasteiger partial charge is 0.489 e. The van der Waals surface area contributed by atoms with E-state index in [0.717, 1.165) is 50.1 Å². The fraction of sp³-hybridized carbons (Fsp3) is 0.250. The third-order valence-electron chi connectivity index (χ3n) is 13.4. The Morgan fingerprint density at radius 1 is 0.390 bits per heavy atom. The summed E-state index contributed by atoms with van der Waals surface area (Å²) in [5.74, 6) is 2.92. The van der Waals surface area contributed by atoms with E-state index >= 15 is 0 Å². The van der Waals surface area contributed by atoms with Gasteiger partial charge in [0.05, 0.1) is 25.9 Å². The maximum atomic E-state index is 7.53. The molecule has 0 aromatic heterocycles. The minimum absolute atomic E-state index is 0.218. The normalized spacial score (nSPS) is 14.4. The van der Waals surface area contributed by atoms with Crippen molar-refractivity contribution >= 4 is 0 Å². The van der Waals surface area contributed by atoms with Crippen molar-refractivity contribution in [3.8, 4) is 28.7 Å². The highest BCUT2D eigenvalue weighted by Crippen LogP contribution is 2.46. The maximum Gasteiger partial charge on any atom is 0.189 e. The Morgan fingerprint density at radius 2 is 0.780 bits per heavy atom. The van der Waals surface area contributed by atoms with Crippen LogP contribution in [0.4, 0.5) is 0 Å². The molecule has 0 saturated carbocycles. The van der Waals surface area contributed by atoms with Crippen molar-refractivity contribution in [1.82, 2.24) is 0 Å². The number of rotatable bonds is 28. The molecule has 10 heteroatoms. The van der Waals surface area contributed by atoms with Crippen molar-refractivity contribution in [2.45, 2.75) is 117 Å². The summed E-state index contributed by atoms with van der Waals surface area (Å²) in [6, 6.07) is 80.3. The number of fused-ring (bicyclic) bond motifs is 1. The molecule has 0 amide bonds. The first-order chi connectivity index (χ1) is 40.5. The first-order valence-corrected chi connectivity index (χ1v) is 28.4. The van der Waals surface area contributed by atoms with Gasteiger partial charge in [0, 0.05) is 24.1 Å². The number of benzene rings is 9. The molecule has 10 nitrogen and oxygen atoms in total. The average Bonchev–Trinajstić information content (AvgIpc) is 3.58. The summed E-state index contributed by atoms with van der Waals surface area (Å²) in [4.78, 5) is 0. The summed E-state index contributed by atoms with van der Waals surface area (Å²) in [6.45, 7) is 9.97. The second-order valence-electron chi connectivity index (χ2n) is 19.9. The summed E-state index contributed by atoms with van der Waals surface area (Å²) < 4.78 is 69.1. The Balaban J connectivity index is 0.00000401. The quantitative estimate of drug-likeness (QED) is 0.0442. The van der Waals surface area contributed by atoms with Crippen LogP contribution in [0.15, 0.2) is 243 Å². The fourth-order valence-electron chi connectivity index (χ4n) is 9.34. The number of hydrogen-bond donors (Lipinski definition) is 0. The summed E-state index contributed by atoms with van der Waals surface area (Å²) in [7, 11) is 0. The Labute approximate surface area is 484 Å². The Morgan fingerprint density at radius 3 is 1.22 bits per heavy atom. The molecule has 422 valence electrons. The zero-order valence-corrected chi connectivity index (χ0v) is 47.3. The van der Waals surface area contributed by atoms with Gasteiger partial charge in [0.1, 0.15) is 49.8 Å². The van der Waals surface area contributed by atoms with E-state index in [9.17, 15) is 0 Å². The van der Waals surface area contributed by atoms with E-state index in [1.54, 1.807) is 0 Å². The first kappa shape index (κ1) is 58.4. The molecule has 82 heavy (non-hydrogen) atoms. The van der Waals surface area contributed by atoms with Crippen LogP contribution in [0, 0.1) is 0 Å². The topological polar surface area (TPSA) is 92.3 Å². The van der Waals surface area contributed by atoms with Crippen LogP contribution in [0.5, 0.6) is 28.7 Å². The van der Waals surface area contributed by atoms with E-state index in [0.29, 0.717) is 61.6 Å². The van der Waals surface area contributed by atoms with Crippen LogP contribution in [0.1, 0.15) is 83.9 Å². The summed E-state index contributed by atoms with van der Waals surface area (Å²) in [5.41, 5.74) is 8.56. The van der Waals surface area contributed by atoms with Crippen LogP contribution in [0.25, 0.3) is 0 Å². The molecule has 3 unspecified atom stereocenters. The molecule has 0 bridgehead atoms. The van der Waals surface area contributed by atoms with Gasteiger partial charge < -0.3 is 47.4 Å². The smallest absolute Gasteiger partial charge is 0.189 e. The molecule has 0 fully saturated rings. The minimum Gasteiger partial charge on any atom is -0.489 e. The molecule has 0 saturated heterocycles. The average molecular weight is 1100 g/mol. The number of hydrogen-bond acceptors (Lipinski definition) is 10. The lowest BCUT2D eigenvalue weighted by Gasteiger charge is -2.40. The maximum absolute atomic E-state index is 7.53. The molecule has 1 aliphatic heterocycles. The van der Waals surface area contributed by atoms with Crippen LogP contribution in [0.2, 0.25) is 0 Å². The second kappa shape index (κ2) is 31.1. The zero-order valence-electron chi connectivity index (χ0n) is 47.3. The summed E-state index contributed by atoms with van der Waals surface area (Å²) in [5, 5.41) is 0. The predicted molar refractivity (Wildman–Crippen MR) is 321 cm³/mol. The standard InChI is InChI=1S/C70H68O10.C2H6/c1-51(2)78-70(68(75-48-56-32-18-7-19-33-56)69(76-49-57-34-20-8-21-35-57)77-50-58-36-22-9-23-37-58)80-66-43-61-63(73-46-54-28-14-5-15-29-54)41-60(71-44-52-24-10-3-11-25-52)42-64(61)79-67(66)59-38-39-62(72-45-53-26-12-4-13-27-53)65(40-59)74-47-55-30-16-6-17-31-55;1-2/h3-42,51,66-70H,43-50H2,1-2H3;1-2H3/t66?,67-,68?,70?;/m1./s1. The lowest BCUT2D eigenvalue weighted by Crippen LogP contribution is -2.49. The molecule has 0 N–H and O–H groups in total. The molecule has 4 atom stereocenters. The third kappa shape index (κ3) is 17.4. The summed E-state index contributed by atoms with van der Waals surface area (Å²) in [6.07, 6.45) is -4.46. The van der Waals surface area contributed by atoms with Gasteiger partial charge in [-0.05, 0) is 70.5 Å². The lowest BCUT2D eigenvalue weighted by molar-refractivity contribution is -0.312. The van der Waals surface area contributed by atoms with Crippen LogP contribution >= 0.6 is 0 Å². The van der Waals surface area contributed by atoms with Crippen LogP contribution in [-0.4, -0.2) is 30.9 Å². The van der Waals surface area contributed by atoms with E-state index in [4.69, 9.17) is 47.4 Å². The minimum atomic E-state index is -1.07. The number of ether oxygens (including phenoxy) is 10. The monoisotopic (exact) mass is 1100 g/mol. The van der Waals surface area contributed by atoms with Gasteiger partial charge in [0.25, 0.3) is 0 Å². The molecule has 10 rings (SSSR count). The molecular formula is C72H74O10. The Bertz CT molecular complexity index is 3180. The van der Waals surface area contributed by atoms with E-state index in [1.165, 1.54) is 0 Å². The van der Waals surface area contributed by atoms with Crippen molar-refractivity contribution in [2.24, 2.45) is 0 Å². The van der Waals surface area contributed by atoms with Gasteiger partial charge >= 0.3 is 0 Å². The highest BCUT2D eigenvalue weighted by molar-refractivity contribution is 5.54. The molecular weight excluding hydrogens is 1020 g/mol. The van der Waals surface area contributed by atoms with Crippen LogP contribution in [0.3, 0.4) is 0 Å². The third-order valence-corrected chi connectivity index (χ3v) is 13.4. The van der Waals surface area contributed by atoms with Crippen molar-refractivity contribution in [3.63, 3.8) is 0 Å². The Hall–Kier alpha value is -8.22. The van der Waals surface area contributed by atoms with Gasteiger partial charge in [-0.15, -0.1) is 0 Å². The fourth-order valence-corrected chi connectivity index (χ4v) is 9.34. The molecule has 9 aromatic rings. The Kier molecular flexibility index (Phi) is 22.2. The SMILES string of the molecule is CC.CC(C)OC(OC1Cc2c(OCc3ccccc3)cc(OCc3ccccc3)cc2O[C@@H]1c1ccc(OCc2ccccc2)c(OCc2ccccc2)c1)C(OCc1ccccc1)C(OCc1ccccc1)OCc1ccccc1. The van der Waals surface area contributed by atoms with Gasteiger partial charge in [0.2, 0.25) is 0 Å². The van der Waals surface area contributed by atoms with Crippen LogP contribution < -0.4 is 23.7 Å². The van der Waals surface area contributed by atoms with Crippen molar-refractivity contribution in [2.75, 3.05) is 0 Å². The van der Waals surface area contributed by atoms with Crippen molar-refractivity contribution in [3.05, 3.63) is 293 Å². The van der Waals surface area contributed by atoms with E-state index in [2.05, 4.69) is 0 Å². The molecule has 0 aliphatic carbocycles. The lowest BCUT2D eigenvalue weighted by atomic mass is 9.93. The van der Waals surface area contributed by atoms with Gasteiger partial charge in [-0.2, -0.15) is 0 Å². The van der Waals surface area contributed by atoms with E-state index < -0.39 is 30.9 Å². The highest BCUT2D eigenvalue weighted by Gasteiger charge is 2.42. The second-order valence-corrected chi connectivity index (χ2v) is 19.9. The molecule has 1 aliphatic rings. The molecule has 0 spiro atoms. The summed E-state index contributed by atoms with van der Waals surface area (Å²) >= 11 is 0. The molecule has 0 radical (unpaired) electrons. The van der Waals surface area contributed by atoms with Gasteiger partial charge in [-0.1, -0.05) is 232 Å². The molecule has 1 heterocycles. The van der Waals surface area contributed by atoms with Gasteiger partial charge in [-0.3, -0.25) is 0 Å². The van der Waals surface area contributed by atoms with E-state index in [-0.39, 0.29) is 25.9 Å².